The Bertz CT molecular complexity index is 549. The minimum atomic E-state index is 0. The summed E-state index contributed by atoms with van der Waals surface area (Å²) in [7, 11) is 0. The number of rotatable bonds is 6. The van der Waals surface area contributed by atoms with Gasteiger partial charge in [-0.15, -0.1) is 0 Å². The fourth-order valence-corrected chi connectivity index (χ4v) is 2.13. The fourth-order valence-electron chi connectivity index (χ4n) is 1.90. The molecule has 23 heavy (non-hydrogen) atoms. The van der Waals surface area contributed by atoms with Crippen molar-refractivity contribution >= 4 is 28.7 Å². The van der Waals surface area contributed by atoms with E-state index in [0.29, 0.717) is 18.3 Å². The molecule has 0 radical (unpaired) electrons. The van der Waals surface area contributed by atoms with Gasteiger partial charge in [0.15, 0.2) is 5.11 Å². The molecule has 2 aromatic carbocycles. The summed E-state index contributed by atoms with van der Waals surface area (Å²) < 4.78 is 10.8. The number of anilines is 2. The van der Waals surface area contributed by atoms with Crippen molar-refractivity contribution in [2.75, 3.05) is 23.8 Å². The predicted molar refractivity (Wildman–Crippen MR) is 95.1 cm³/mol. The third kappa shape index (κ3) is 6.49. The first-order valence-corrected chi connectivity index (χ1v) is 7.65. The Morgan fingerprint density at radius 1 is 0.783 bits per heavy atom. The molecule has 0 aliphatic heterocycles. The molecule has 0 heterocycles. The van der Waals surface area contributed by atoms with Crippen LogP contribution in [0.1, 0.15) is 13.8 Å². The van der Waals surface area contributed by atoms with Crippen LogP contribution < -0.4 is 20.1 Å². The van der Waals surface area contributed by atoms with Crippen LogP contribution in [0, 0.1) is 0 Å². The molecular weight excluding hydrogens is 348 g/mol. The van der Waals surface area contributed by atoms with Gasteiger partial charge in [0.1, 0.15) is 11.5 Å². The monoisotopic (exact) mass is 368 g/mol. The normalized spacial score (nSPS) is 9.48. The van der Waals surface area contributed by atoms with Crippen molar-refractivity contribution in [1.82, 2.24) is 0 Å². The van der Waals surface area contributed by atoms with E-state index in [1.807, 2.05) is 62.4 Å². The average Bonchev–Trinajstić information content (AvgIpc) is 2.52. The summed E-state index contributed by atoms with van der Waals surface area (Å²) in [5.41, 5.74) is 1.82. The molecule has 4 nitrogen and oxygen atoms in total. The van der Waals surface area contributed by atoms with Crippen LogP contribution in [0.2, 0.25) is 0 Å². The Kier molecular flexibility index (Phi) is 8.49. The molecule has 0 aromatic heterocycles. The van der Waals surface area contributed by atoms with Crippen molar-refractivity contribution in [3.05, 3.63) is 48.5 Å². The number of hydrogen-bond acceptors (Lipinski definition) is 3. The summed E-state index contributed by atoms with van der Waals surface area (Å²) in [6.45, 7) is 5.24. The molecule has 2 aromatic rings. The predicted octanol–water partition coefficient (Wildman–Crippen LogP) is 4.29. The summed E-state index contributed by atoms with van der Waals surface area (Å²) in [5.74, 6) is 1.69. The summed E-state index contributed by atoms with van der Waals surface area (Å²) >= 11 is 5.30. The van der Waals surface area contributed by atoms with E-state index in [2.05, 4.69) is 10.6 Å². The average molecular weight is 368 g/mol. The number of ether oxygens (including phenoxy) is 2. The van der Waals surface area contributed by atoms with Gasteiger partial charge in [-0.05, 0) is 74.6 Å². The third-order valence-electron chi connectivity index (χ3n) is 2.85. The molecule has 0 amide bonds. The minimum absolute atomic E-state index is 0. The van der Waals surface area contributed by atoms with Crippen LogP contribution in [-0.4, -0.2) is 18.3 Å². The second-order valence-corrected chi connectivity index (χ2v) is 4.90. The van der Waals surface area contributed by atoms with Crippen LogP contribution in [0.4, 0.5) is 11.4 Å². The van der Waals surface area contributed by atoms with Gasteiger partial charge in [-0.3, -0.25) is 0 Å². The topological polar surface area (TPSA) is 42.5 Å². The van der Waals surface area contributed by atoms with Crippen molar-refractivity contribution in [2.45, 2.75) is 13.8 Å². The van der Waals surface area contributed by atoms with E-state index in [9.17, 15) is 0 Å². The second-order valence-electron chi connectivity index (χ2n) is 4.49. The molecule has 122 valence electrons. The zero-order valence-electron chi connectivity index (χ0n) is 13.2. The maximum atomic E-state index is 5.40. The van der Waals surface area contributed by atoms with E-state index >= 15 is 0 Å². The van der Waals surface area contributed by atoms with Crippen molar-refractivity contribution in [2.24, 2.45) is 0 Å². The second kappa shape index (κ2) is 10.1. The van der Waals surface area contributed by atoms with E-state index in [4.69, 9.17) is 21.7 Å². The summed E-state index contributed by atoms with van der Waals surface area (Å²) in [6.07, 6.45) is 0. The molecule has 6 heteroatoms. The first kappa shape index (κ1) is 19.3. The van der Waals surface area contributed by atoms with E-state index in [0.717, 1.165) is 22.9 Å². The van der Waals surface area contributed by atoms with Gasteiger partial charge < -0.3 is 20.1 Å². The van der Waals surface area contributed by atoms with Gasteiger partial charge in [0.25, 0.3) is 0 Å². The molecule has 0 saturated carbocycles. The van der Waals surface area contributed by atoms with Gasteiger partial charge in [-0.25, -0.2) is 0 Å². The summed E-state index contributed by atoms with van der Waals surface area (Å²) in [6, 6.07) is 15.3. The Morgan fingerprint density at radius 2 is 1.13 bits per heavy atom. The van der Waals surface area contributed by atoms with Crippen molar-refractivity contribution in [3.8, 4) is 11.5 Å². The molecule has 0 unspecified atom stereocenters. The first-order chi connectivity index (χ1) is 10.7. The minimum Gasteiger partial charge on any atom is -0.494 e. The van der Waals surface area contributed by atoms with Crippen molar-refractivity contribution < 1.29 is 26.8 Å². The maximum absolute atomic E-state index is 5.40. The van der Waals surface area contributed by atoms with Gasteiger partial charge in [0.05, 0.1) is 13.2 Å². The molecular formula is C17H20CrN2O2S. The molecule has 0 saturated heterocycles. The van der Waals surface area contributed by atoms with E-state index < -0.39 is 0 Å². The molecule has 0 aliphatic rings. The maximum Gasteiger partial charge on any atom is 0.175 e. The fraction of sp³-hybridized carbons (Fsp3) is 0.235. The molecule has 0 spiro atoms. The van der Waals surface area contributed by atoms with Gasteiger partial charge in [0.2, 0.25) is 0 Å². The summed E-state index contributed by atoms with van der Waals surface area (Å²) in [5, 5.41) is 6.80. The zero-order chi connectivity index (χ0) is 15.8. The number of hydrogen-bond donors (Lipinski definition) is 2. The smallest absolute Gasteiger partial charge is 0.175 e. The number of benzene rings is 2. The zero-order valence-corrected chi connectivity index (χ0v) is 15.3. The Labute approximate surface area is 153 Å². The number of thiocarbonyl (C=S) groups is 1. The van der Waals surface area contributed by atoms with E-state index in [-0.39, 0.29) is 17.4 Å². The molecule has 0 fully saturated rings. The van der Waals surface area contributed by atoms with Crippen LogP contribution in [0.5, 0.6) is 11.5 Å². The quantitative estimate of drug-likeness (QED) is 0.745. The van der Waals surface area contributed by atoms with Crippen LogP contribution in [-0.2, 0) is 17.4 Å². The van der Waals surface area contributed by atoms with Gasteiger partial charge >= 0.3 is 0 Å². The molecule has 0 aliphatic carbocycles. The van der Waals surface area contributed by atoms with Crippen molar-refractivity contribution in [1.29, 1.82) is 0 Å². The molecule has 2 N–H and O–H groups in total. The van der Waals surface area contributed by atoms with E-state index in [1.165, 1.54) is 0 Å². The van der Waals surface area contributed by atoms with Gasteiger partial charge in [-0.1, -0.05) is 0 Å². The third-order valence-corrected chi connectivity index (χ3v) is 3.05. The van der Waals surface area contributed by atoms with Gasteiger partial charge in [-0.2, -0.15) is 0 Å². The molecule has 2 rings (SSSR count). The van der Waals surface area contributed by atoms with Crippen molar-refractivity contribution in [3.63, 3.8) is 0 Å². The first-order valence-electron chi connectivity index (χ1n) is 7.25. The van der Waals surface area contributed by atoms with Gasteiger partial charge in [0, 0.05) is 28.7 Å². The van der Waals surface area contributed by atoms with Crippen LogP contribution in [0.15, 0.2) is 48.5 Å². The molecule has 0 atom stereocenters. The van der Waals surface area contributed by atoms with Crippen LogP contribution >= 0.6 is 12.2 Å². The Morgan fingerprint density at radius 3 is 1.43 bits per heavy atom. The van der Waals surface area contributed by atoms with Crippen LogP contribution in [0.25, 0.3) is 0 Å². The summed E-state index contributed by atoms with van der Waals surface area (Å²) in [4.78, 5) is 0. The van der Waals surface area contributed by atoms with Crippen LogP contribution in [0.3, 0.4) is 0 Å². The van der Waals surface area contributed by atoms with E-state index in [1.54, 1.807) is 0 Å². The largest absolute Gasteiger partial charge is 0.494 e. The molecule has 0 bridgehead atoms. The Balaban J connectivity index is 0.00000264. The standard InChI is InChI=1S/C17H20N2O2S.Cr/c1-3-20-15-9-5-13(6-10-15)18-17(22)19-14-7-11-16(12-8-14)21-4-2;/h5-12H,3-4H2,1-2H3,(H2,18,19,22);. The number of nitrogens with one attached hydrogen (secondary N) is 2. The SMILES string of the molecule is CCOc1ccc(NC(=S)Nc2ccc(OCC)cc2)cc1.[Cr]. The Hall–Kier alpha value is -1.74.